The van der Waals surface area contributed by atoms with Crippen molar-refractivity contribution in [3.05, 3.63) is 70.8 Å². The Morgan fingerprint density at radius 2 is 2.03 bits per heavy atom. The molecule has 0 bridgehead atoms. The number of benzene rings is 1. The SMILES string of the molecule is Cc1cc(-c2ccnn2C)c2cccc(OCc3c(Cl)cncc3CN(C)C(=O)C(C)C)c2n1. The highest BCUT2D eigenvalue weighted by atomic mass is 35.5. The molecule has 0 unspecified atom stereocenters. The molecule has 0 radical (unpaired) electrons. The van der Waals surface area contributed by atoms with Gasteiger partial charge in [0.05, 0.1) is 10.7 Å². The molecule has 0 atom stereocenters. The van der Waals surface area contributed by atoms with Gasteiger partial charge in [-0.1, -0.05) is 37.6 Å². The molecule has 4 aromatic rings. The van der Waals surface area contributed by atoms with Crippen LogP contribution >= 0.6 is 11.6 Å². The minimum Gasteiger partial charge on any atom is -0.487 e. The van der Waals surface area contributed by atoms with Gasteiger partial charge in [-0.15, -0.1) is 0 Å². The molecular formula is C26H28ClN5O2. The van der Waals surface area contributed by atoms with Gasteiger partial charge >= 0.3 is 0 Å². The Morgan fingerprint density at radius 3 is 2.74 bits per heavy atom. The minimum absolute atomic E-state index is 0.0586. The van der Waals surface area contributed by atoms with E-state index >= 15 is 0 Å². The van der Waals surface area contributed by atoms with E-state index in [1.807, 2.05) is 56.8 Å². The van der Waals surface area contributed by atoms with Crippen LogP contribution in [0.4, 0.5) is 0 Å². The average molecular weight is 478 g/mol. The molecule has 0 saturated heterocycles. The first-order valence-corrected chi connectivity index (χ1v) is 11.5. The predicted octanol–water partition coefficient (Wildman–Crippen LogP) is 5.19. The number of rotatable bonds is 7. The highest BCUT2D eigenvalue weighted by Crippen LogP contribution is 2.33. The van der Waals surface area contributed by atoms with Crippen molar-refractivity contribution in [2.24, 2.45) is 13.0 Å². The largest absolute Gasteiger partial charge is 0.487 e. The standard InChI is InChI=1S/C26H28ClN5O2/c1-16(2)26(33)31(4)14-18-12-28-13-22(27)21(18)15-34-24-8-6-7-19-20(11-17(3)30-25(19)24)23-9-10-29-32(23)5/h6-13,16H,14-15H2,1-5H3. The van der Waals surface area contributed by atoms with Crippen LogP contribution in [0.15, 0.2) is 48.9 Å². The van der Waals surface area contributed by atoms with Crippen molar-refractivity contribution in [1.82, 2.24) is 24.6 Å². The van der Waals surface area contributed by atoms with E-state index in [0.717, 1.165) is 39.0 Å². The number of hydrogen-bond donors (Lipinski definition) is 0. The number of amides is 1. The van der Waals surface area contributed by atoms with Gasteiger partial charge in [0, 0.05) is 67.4 Å². The lowest BCUT2D eigenvalue weighted by Crippen LogP contribution is -2.30. The molecule has 7 nitrogen and oxygen atoms in total. The van der Waals surface area contributed by atoms with Gasteiger partial charge in [0.15, 0.2) is 0 Å². The summed E-state index contributed by atoms with van der Waals surface area (Å²) in [5, 5.41) is 5.79. The first-order chi connectivity index (χ1) is 16.3. The summed E-state index contributed by atoms with van der Waals surface area (Å²) in [7, 11) is 3.70. The van der Waals surface area contributed by atoms with Crippen LogP contribution in [0.3, 0.4) is 0 Å². The van der Waals surface area contributed by atoms with Gasteiger partial charge in [0.2, 0.25) is 5.91 Å². The van der Waals surface area contributed by atoms with Crippen molar-refractivity contribution in [2.75, 3.05) is 7.05 Å². The summed E-state index contributed by atoms with van der Waals surface area (Å²) >= 11 is 6.50. The van der Waals surface area contributed by atoms with Crippen LogP contribution in [0.2, 0.25) is 5.02 Å². The van der Waals surface area contributed by atoms with Gasteiger partial charge in [-0.25, -0.2) is 4.98 Å². The highest BCUT2D eigenvalue weighted by Gasteiger charge is 2.18. The Balaban J connectivity index is 1.67. The molecule has 0 saturated carbocycles. The van der Waals surface area contributed by atoms with E-state index in [1.54, 1.807) is 30.5 Å². The molecule has 0 spiro atoms. The molecule has 0 aliphatic rings. The summed E-state index contributed by atoms with van der Waals surface area (Å²) < 4.78 is 8.12. The van der Waals surface area contributed by atoms with Gasteiger partial charge in [0.1, 0.15) is 17.9 Å². The first-order valence-electron chi connectivity index (χ1n) is 11.1. The topological polar surface area (TPSA) is 73.1 Å². The number of hydrogen-bond acceptors (Lipinski definition) is 5. The summed E-state index contributed by atoms with van der Waals surface area (Å²) in [6.45, 7) is 6.37. The van der Waals surface area contributed by atoms with E-state index in [-0.39, 0.29) is 18.4 Å². The summed E-state index contributed by atoms with van der Waals surface area (Å²) in [6.07, 6.45) is 5.12. The zero-order valence-electron chi connectivity index (χ0n) is 20.0. The molecule has 3 aromatic heterocycles. The number of aryl methyl sites for hydroxylation is 2. The number of para-hydroxylation sites is 1. The van der Waals surface area contributed by atoms with Crippen LogP contribution in [-0.2, 0) is 25.0 Å². The van der Waals surface area contributed by atoms with E-state index < -0.39 is 0 Å². The van der Waals surface area contributed by atoms with Crippen LogP contribution in [0.1, 0.15) is 30.7 Å². The van der Waals surface area contributed by atoms with Gasteiger partial charge in [-0.3, -0.25) is 14.5 Å². The van der Waals surface area contributed by atoms with E-state index in [4.69, 9.17) is 21.3 Å². The maximum absolute atomic E-state index is 12.4. The zero-order chi connectivity index (χ0) is 24.4. The molecule has 1 amide bonds. The maximum Gasteiger partial charge on any atom is 0.225 e. The van der Waals surface area contributed by atoms with Crippen molar-refractivity contribution >= 4 is 28.4 Å². The number of pyridine rings is 2. The van der Waals surface area contributed by atoms with E-state index in [1.165, 1.54) is 0 Å². The first kappa shape index (κ1) is 23.7. The number of halogens is 1. The molecule has 176 valence electrons. The second-order valence-electron chi connectivity index (χ2n) is 8.70. The maximum atomic E-state index is 12.4. The number of ether oxygens (including phenoxy) is 1. The Labute approximate surface area is 204 Å². The third kappa shape index (κ3) is 4.75. The molecule has 4 rings (SSSR count). The van der Waals surface area contributed by atoms with Crippen molar-refractivity contribution < 1.29 is 9.53 Å². The number of nitrogens with zero attached hydrogens (tertiary/aromatic N) is 5. The molecule has 0 N–H and O–H groups in total. The quantitative estimate of drug-likeness (QED) is 0.366. The summed E-state index contributed by atoms with van der Waals surface area (Å²) in [5.74, 6) is 0.633. The highest BCUT2D eigenvalue weighted by molar-refractivity contribution is 6.31. The normalized spacial score (nSPS) is 11.3. The zero-order valence-corrected chi connectivity index (χ0v) is 20.8. The van der Waals surface area contributed by atoms with Gasteiger partial charge in [0.25, 0.3) is 0 Å². The van der Waals surface area contributed by atoms with E-state index in [2.05, 4.69) is 16.1 Å². The van der Waals surface area contributed by atoms with Crippen LogP contribution < -0.4 is 4.74 Å². The van der Waals surface area contributed by atoms with Crippen LogP contribution in [-0.4, -0.2) is 37.6 Å². The Kier molecular flexibility index (Phi) is 6.84. The fourth-order valence-electron chi connectivity index (χ4n) is 4.04. The van der Waals surface area contributed by atoms with Gasteiger partial charge < -0.3 is 9.64 Å². The summed E-state index contributed by atoms with van der Waals surface area (Å²) in [6, 6.07) is 9.94. The molecule has 3 heterocycles. The van der Waals surface area contributed by atoms with Gasteiger partial charge in [-0.2, -0.15) is 5.10 Å². The van der Waals surface area contributed by atoms with Crippen LogP contribution in [0.5, 0.6) is 5.75 Å². The molecular weight excluding hydrogens is 450 g/mol. The average Bonchev–Trinajstić information content (AvgIpc) is 3.23. The van der Waals surface area contributed by atoms with Crippen molar-refractivity contribution in [2.45, 2.75) is 33.9 Å². The van der Waals surface area contributed by atoms with Gasteiger partial charge in [-0.05, 0) is 30.7 Å². The lowest BCUT2D eigenvalue weighted by Gasteiger charge is -2.21. The van der Waals surface area contributed by atoms with Crippen LogP contribution in [0, 0.1) is 12.8 Å². The fraction of sp³-hybridized carbons (Fsp3) is 0.308. The molecule has 0 fully saturated rings. The van der Waals surface area contributed by atoms with Crippen molar-refractivity contribution in [3.63, 3.8) is 0 Å². The molecule has 0 aliphatic heterocycles. The van der Waals surface area contributed by atoms with Crippen LogP contribution in [0.25, 0.3) is 22.2 Å². The molecule has 8 heteroatoms. The van der Waals surface area contributed by atoms with Crippen molar-refractivity contribution in [3.8, 4) is 17.0 Å². The van der Waals surface area contributed by atoms with Crippen molar-refractivity contribution in [1.29, 1.82) is 0 Å². The number of aromatic nitrogens is 4. The third-order valence-electron chi connectivity index (χ3n) is 5.77. The smallest absolute Gasteiger partial charge is 0.225 e. The number of fused-ring (bicyclic) bond motifs is 1. The lowest BCUT2D eigenvalue weighted by molar-refractivity contribution is -0.133. The third-order valence-corrected chi connectivity index (χ3v) is 6.10. The summed E-state index contributed by atoms with van der Waals surface area (Å²) in [4.78, 5) is 23.1. The number of carbonyl (C=O) groups excluding carboxylic acids is 1. The Morgan fingerprint density at radius 1 is 1.24 bits per heavy atom. The second kappa shape index (κ2) is 9.81. The minimum atomic E-state index is -0.0875. The van der Waals surface area contributed by atoms with E-state index in [9.17, 15) is 4.79 Å². The molecule has 1 aromatic carbocycles. The second-order valence-corrected chi connectivity index (χ2v) is 9.11. The fourth-order valence-corrected chi connectivity index (χ4v) is 4.27. The Bertz CT molecular complexity index is 1350. The Hall–Kier alpha value is -3.45. The van der Waals surface area contributed by atoms with E-state index in [0.29, 0.717) is 17.3 Å². The lowest BCUT2D eigenvalue weighted by atomic mass is 10.0. The molecule has 0 aliphatic carbocycles. The molecule has 34 heavy (non-hydrogen) atoms. The number of carbonyl (C=O) groups is 1. The monoisotopic (exact) mass is 477 g/mol. The predicted molar refractivity (Wildman–Crippen MR) is 134 cm³/mol. The summed E-state index contributed by atoms with van der Waals surface area (Å²) in [5.41, 5.74) is 5.36.